The molecule has 0 radical (unpaired) electrons. The number of benzene rings is 1. The molecule has 2 fully saturated rings. The monoisotopic (exact) mass is 476 g/mol. The zero-order chi connectivity index (χ0) is 23.8. The predicted molar refractivity (Wildman–Crippen MR) is 117 cm³/mol. The Balaban J connectivity index is 1.46. The van der Waals surface area contributed by atoms with Crippen molar-refractivity contribution < 1.29 is 18.4 Å². The second-order valence-electron chi connectivity index (χ2n) is 8.65. The summed E-state index contributed by atoms with van der Waals surface area (Å²) in [6.45, 7) is 0. The van der Waals surface area contributed by atoms with E-state index >= 15 is 0 Å². The van der Waals surface area contributed by atoms with Crippen molar-refractivity contribution in [2.75, 3.05) is 5.32 Å². The Bertz CT molecular complexity index is 1090. The molecule has 2 aliphatic rings. The summed E-state index contributed by atoms with van der Waals surface area (Å²) >= 11 is 5.91. The molecule has 3 atom stereocenters. The molecule has 1 aromatic carbocycles. The molecule has 0 bridgehead atoms. The lowest BCUT2D eigenvalue weighted by Crippen LogP contribution is -2.52. The number of nitrogens with one attached hydrogen (secondary N) is 2. The number of halogens is 3. The Labute approximate surface area is 194 Å². The first-order chi connectivity index (χ1) is 15.6. The minimum atomic E-state index is -2.71. The van der Waals surface area contributed by atoms with Crippen LogP contribution in [0.1, 0.15) is 48.5 Å². The molecule has 0 saturated heterocycles. The molecule has 4 rings (SSSR count). The zero-order valence-electron chi connectivity index (χ0n) is 17.6. The molecule has 1 aromatic heterocycles. The van der Waals surface area contributed by atoms with Crippen LogP contribution in [-0.4, -0.2) is 33.6 Å². The predicted octanol–water partition coefficient (Wildman–Crippen LogP) is 3.77. The molecular formula is C22H23ClF2N6O2. The Kier molecular flexibility index (Phi) is 6.26. The van der Waals surface area contributed by atoms with Crippen molar-refractivity contribution in [2.24, 2.45) is 17.6 Å². The SMILES string of the molecule is N#C[C@H]1C[C@@H](C(=O)NC2CC(F)(F)C2)CC[C@@H]1n1cc(C(N)=O)c(Nc2ccc(Cl)cc2)n1. The fraction of sp³-hybridized carbons (Fsp3) is 0.455. The van der Waals surface area contributed by atoms with Gasteiger partial charge in [0.05, 0.1) is 18.0 Å². The second kappa shape index (κ2) is 8.98. The molecule has 1 heterocycles. The van der Waals surface area contributed by atoms with Crippen molar-refractivity contribution in [3.63, 3.8) is 0 Å². The highest BCUT2D eigenvalue weighted by molar-refractivity contribution is 6.30. The van der Waals surface area contributed by atoms with Crippen LogP contribution in [0.25, 0.3) is 0 Å². The van der Waals surface area contributed by atoms with Gasteiger partial charge in [-0.1, -0.05) is 11.6 Å². The molecular weight excluding hydrogens is 454 g/mol. The summed E-state index contributed by atoms with van der Waals surface area (Å²) in [7, 11) is 0. The van der Waals surface area contributed by atoms with Gasteiger partial charge in [0.1, 0.15) is 5.56 Å². The van der Waals surface area contributed by atoms with Crippen molar-refractivity contribution >= 4 is 34.9 Å². The third kappa shape index (κ3) is 5.09. The van der Waals surface area contributed by atoms with E-state index < -0.39 is 29.7 Å². The van der Waals surface area contributed by atoms with Crippen LogP contribution < -0.4 is 16.4 Å². The standard InChI is InChI=1S/C22H23ClF2N6O2/c23-14-2-4-15(5-3-14)28-20-17(19(27)32)11-31(30-20)18-6-1-12(7-13(18)10-26)21(33)29-16-8-22(24,25)9-16/h2-5,11-13,16,18H,1,6-9H2,(H2,27,32)(H,28,30)(H,29,33)/t12-,13+,18-/m0/s1. The van der Waals surface area contributed by atoms with Crippen LogP contribution in [0, 0.1) is 23.2 Å². The number of aromatic nitrogens is 2. The third-order valence-electron chi connectivity index (χ3n) is 6.23. The fourth-order valence-electron chi connectivity index (χ4n) is 4.43. The van der Waals surface area contributed by atoms with E-state index in [9.17, 15) is 23.6 Å². The van der Waals surface area contributed by atoms with Crippen LogP contribution >= 0.6 is 11.6 Å². The van der Waals surface area contributed by atoms with Gasteiger partial charge in [-0.15, -0.1) is 0 Å². The molecule has 2 saturated carbocycles. The van der Waals surface area contributed by atoms with E-state index in [0.29, 0.717) is 23.6 Å². The third-order valence-corrected chi connectivity index (χ3v) is 6.48. The zero-order valence-corrected chi connectivity index (χ0v) is 18.4. The number of hydrogen-bond acceptors (Lipinski definition) is 5. The van der Waals surface area contributed by atoms with Crippen LogP contribution in [0.5, 0.6) is 0 Å². The number of nitrogens with zero attached hydrogens (tertiary/aromatic N) is 3. The maximum absolute atomic E-state index is 13.0. The van der Waals surface area contributed by atoms with Crippen LogP contribution in [0.4, 0.5) is 20.3 Å². The lowest BCUT2D eigenvalue weighted by atomic mass is 9.77. The second-order valence-corrected chi connectivity index (χ2v) is 9.09. The van der Waals surface area contributed by atoms with Gasteiger partial charge >= 0.3 is 0 Å². The molecule has 11 heteroatoms. The number of amides is 2. The molecule has 8 nitrogen and oxygen atoms in total. The molecule has 0 aliphatic heterocycles. The number of carbonyl (C=O) groups is 2. The molecule has 0 spiro atoms. The van der Waals surface area contributed by atoms with Crippen molar-refractivity contribution in [1.82, 2.24) is 15.1 Å². The van der Waals surface area contributed by atoms with E-state index in [1.54, 1.807) is 28.9 Å². The van der Waals surface area contributed by atoms with Gasteiger partial charge in [-0.2, -0.15) is 10.4 Å². The van der Waals surface area contributed by atoms with Crippen molar-refractivity contribution in [1.29, 1.82) is 5.26 Å². The summed E-state index contributed by atoms with van der Waals surface area (Å²) in [6.07, 6.45) is 2.04. The number of rotatable bonds is 6. The van der Waals surface area contributed by atoms with Gasteiger partial charge in [0.25, 0.3) is 11.8 Å². The Morgan fingerprint density at radius 1 is 1.24 bits per heavy atom. The summed E-state index contributed by atoms with van der Waals surface area (Å²) in [5, 5.41) is 20.5. The van der Waals surface area contributed by atoms with Gasteiger partial charge in [0.15, 0.2) is 5.82 Å². The number of primary amides is 1. The van der Waals surface area contributed by atoms with Gasteiger partial charge in [-0.3, -0.25) is 14.3 Å². The number of anilines is 2. The van der Waals surface area contributed by atoms with Gasteiger partial charge in [-0.25, -0.2) is 8.78 Å². The molecule has 4 N–H and O–H groups in total. The summed E-state index contributed by atoms with van der Waals surface area (Å²) in [6, 6.07) is 8.19. The summed E-state index contributed by atoms with van der Waals surface area (Å²) in [5.41, 5.74) is 6.36. The number of nitriles is 1. The average Bonchev–Trinajstić information content (AvgIpc) is 3.17. The van der Waals surface area contributed by atoms with Gasteiger partial charge in [0, 0.05) is 41.7 Å². The number of alkyl halides is 2. The summed E-state index contributed by atoms with van der Waals surface area (Å²) in [4.78, 5) is 24.5. The highest BCUT2D eigenvalue weighted by atomic mass is 35.5. The minimum absolute atomic E-state index is 0.174. The van der Waals surface area contributed by atoms with E-state index in [1.165, 1.54) is 6.20 Å². The van der Waals surface area contributed by atoms with E-state index in [0.717, 1.165) is 0 Å². The Morgan fingerprint density at radius 2 is 1.94 bits per heavy atom. The number of carbonyl (C=O) groups excluding carboxylic acids is 2. The van der Waals surface area contributed by atoms with E-state index in [2.05, 4.69) is 21.8 Å². The molecule has 2 aliphatic carbocycles. The topological polar surface area (TPSA) is 126 Å². The smallest absolute Gasteiger partial charge is 0.254 e. The lowest BCUT2D eigenvalue weighted by molar-refractivity contribution is -0.134. The van der Waals surface area contributed by atoms with Gasteiger partial charge in [-0.05, 0) is 43.5 Å². The first kappa shape index (κ1) is 23.0. The maximum atomic E-state index is 13.0. The van der Waals surface area contributed by atoms with Gasteiger partial charge < -0.3 is 16.4 Å². The quantitative estimate of drug-likeness (QED) is 0.585. The van der Waals surface area contributed by atoms with Crippen LogP contribution in [-0.2, 0) is 4.79 Å². The highest BCUT2D eigenvalue weighted by Crippen LogP contribution is 2.40. The van der Waals surface area contributed by atoms with Crippen molar-refractivity contribution in [3.8, 4) is 6.07 Å². The molecule has 174 valence electrons. The lowest BCUT2D eigenvalue weighted by Gasteiger charge is -2.37. The summed E-state index contributed by atoms with van der Waals surface area (Å²) < 4.78 is 27.6. The van der Waals surface area contributed by atoms with Crippen LogP contribution in [0.15, 0.2) is 30.5 Å². The first-order valence-electron chi connectivity index (χ1n) is 10.6. The van der Waals surface area contributed by atoms with E-state index in [1.807, 2.05) is 0 Å². The van der Waals surface area contributed by atoms with Crippen LogP contribution in [0.2, 0.25) is 5.02 Å². The number of nitrogens with two attached hydrogens (primary N) is 1. The molecule has 33 heavy (non-hydrogen) atoms. The molecule has 0 unspecified atom stereocenters. The van der Waals surface area contributed by atoms with Crippen LogP contribution in [0.3, 0.4) is 0 Å². The minimum Gasteiger partial charge on any atom is -0.365 e. The fourth-order valence-corrected chi connectivity index (χ4v) is 4.56. The maximum Gasteiger partial charge on any atom is 0.254 e. The Morgan fingerprint density at radius 3 is 2.55 bits per heavy atom. The Hall–Kier alpha value is -3.19. The summed E-state index contributed by atoms with van der Waals surface area (Å²) in [5.74, 6) is -4.39. The highest BCUT2D eigenvalue weighted by Gasteiger charge is 2.47. The van der Waals surface area contributed by atoms with Crippen molar-refractivity contribution in [2.45, 2.75) is 50.1 Å². The van der Waals surface area contributed by atoms with Crippen molar-refractivity contribution in [3.05, 3.63) is 41.0 Å². The molecule has 2 aromatic rings. The first-order valence-corrected chi connectivity index (χ1v) is 11.0. The number of hydrogen-bond donors (Lipinski definition) is 3. The van der Waals surface area contributed by atoms with E-state index in [4.69, 9.17) is 17.3 Å². The van der Waals surface area contributed by atoms with Gasteiger partial charge in [0.2, 0.25) is 5.91 Å². The van der Waals surface area contributed by atoms with E-state index in [-0.39, 0.29) is 42.6 Å². The normalized spacial score (nSPS) is 24.4. The molecule has 2 amide bonds. The average molecular weight is 477 g/mol. The largest absolute Gasteiger partial charge is 0.365 e.